The Morgan fingerprint density at radius 2 is 1.88 bits per heavy atom. The summed E-state index contributed by atoms with van der Waals surface area (Å²) in [6, 6.07) is 0. The Bertz CT molecular complexity index is 371. The highest BCUT2D eigenvalue weighted by Crippen LogP contribution is 2.53. The van der Waals surface area contributed by atoms with Gasteiger partial charge in [0.1, 0.15) is 6.10 Å². The Labute approximate surface area is 94.8 Å². The zero-order chi connectivity index (χ0) is 11.3. The van der Waals surface area contributed by atoms with Gasteiger partial charge in [-0.15, -0.1) is 0 Å². The molecule has 86 valence electrons. The first kappa shape index (κ1) is 10.1. The molecule has 1 N–H and O–H groups in total. The number of carbonyl (C=O) groups is 1. The molecule has 3 nitrogen and oxygen atoms in total. The van der Waals surface area contributed by atoms with Crippen molar-refractivity contribution in [1.29, 1.82) is 0 Å². The summed E-state index contributed by atoms with van der Waals surface area (Å²) < 4.78 is 5.34. The third-order valence-corrected chi connectivity index (χ3v) is 4.16. The summed E-state index contributed by atoms with van der Waals surface area (Å²) in [5, 5.41) is 9.99. The quantitative estimate of drug-likeness (QED) is 0.535. The van der Waals surface area contributed by atoms with E-state index in [2.05, 4.69) is 12.2 Å². The van der Waals surface area contributed by atoms with Crippen molar-refractivity contribution in [2.75, 3.05) is 0 Å². The number of fused-ring (bicyclic) bond motifs is 5. The summed E-state index contributed by atoms with van der Waals surface area (Å²) in [4.78, 5) is 11.1. The fraction of sp³-hybridized carbons (Fsp3) is 0.615. The van der Waals surface area contributed by atoms with Crippen LogP contribution in [0.25, 0.3) is 0 Å². The average molecular weight is 220 g/mol. The lowest BCUT2D eigenvalue weighted by Crippen LogP contribution is -2.41. The second-order valence-corrected chi connectivity index (χ2v) is 5.05. The summed E-state index contributed by atoms with van der Waals surface area (Å²) in [5.41, 5.74) is 0. The molecule has 0 amide bonds. The number of rotatable bonds is 1. The van der Waals surface area contributed by atoms with Gasteiger partial charge in [-0.1, -0.05) is 18.2 Å². The maximum atomic E-state index is 11.1. The molecule has 1 unspecified atom stereocenters. The molecular weight excluding hydrogens is 204 g/mol. The van der Waals surface area contributed by atoms with Gasteiger partial charge in [0.05, 0.1) is 6.10 Å². The average Bonchev–Trinajstić information content (AvgIpc) is 2.82. The number of aliphatic hydroxyl groups excluding tert-OH is 1. The molecule has 0 aromatic rings. The van der Waals surface area contributed by atoms with Crippen molar-refractivity contribution < 1.29 is 14.6 Å². The van der Waals surface area contributed by atoms with Crippen LogP contribution in [0.4, 0.5) is 0 Å². The third-order valence-electron chi connectivity index (χ3n) is 4.16. The highest BCUT2D eigenvalue weighted by Gasteiger charge is 2.52. The zero-order valence-electron chi connectivity index (χ0n) is 9.24. The van der Waals surface area contributed by atoms with E-state index in [0.29, 0.717) is 11.8 Å². The summed E-state index contributed by atoms with van der Waals surface area (Å²) in [6.07, 6.45) is 8.63. The number of hydrogen-bond donors (Lipinski definition) is 1. The molecule has 3 aliphatic rings. The van der Waals surface area contributed by atoms with Crippen LogP contribution in [0.2, 0.25) is 0 Å². The van der Waals surface area contributed by atoms with Crippen LogP contribution in [0.1, 0.15) is 13.3 Å². The van der Waals surface area contributed by atoms with Gasteiger partial charge >= 0.3 is 5.97 Å². The van der Waals surface area contributed by atoms with Crippen molar-refractivity contribution in [3.8, 4) is 0 Å². The minimum Gasteiger partial charge on any atom is -0.458 e. The molecule has 0 aromatic heterocycles. The molecule has 0 radical (unpaired) electrons. The van der Waals surface area contributed by atoms with E-state index in [1.165, 1.54) is 6.92 Å². The smallest absolute Gasteiger partial charge is 0.303 e. The van der Waals surface area contributed by atoms with E-state index in [-0.39, 0.29) is 30.0 Å². The minimum absolute atomic E-state index is 0.147. The second kappa shape index (κ2) is 3.45. The molecule has 3 heteroatoms. The molecule has 2 bridgehead atoms. The number of allylic oxidation sites excluding steroid dienone is 2. The zero-order valence-corrected chi connectivity index (χ0v) is 9.24. The van der Waals surface area contributed by atoms with Crippen LogP contribution in [-0.2, 0) is 9.53 Å². The van der Waals surface area contributed by atoms with Crippen molar-refractivity contribution in [3.63, 3.8) is 0 Å². The highest BCUT2D eigenvalue weighted by molar-refractivity contribution is 5.66. The van der Waals surface area contributed by atoms with Crippen molar-refractivity contribution in [1.82, 2.24) is 0 Å². The van der Waals surface area contributed by atoms with E-state index < -0.39 is 0 Å². The molecule has 6 atom stereocenters. The first-order valence-corrected chi connectivity index (χ1v) is 5.89. The molecule has 1 fully saturated rings. The Hall–Kier alpha value is -1.09. The predicted octanol–water partition coefficient (Wildman–Crippen LogP) is 1.29. The SMILES string of the molecule is CC(=O)O[C@@H]1C=C[C@H](O)[C@H]2[C@@H]1C1C=C[C@@H]2C1. The maximum absolute atomic E-state index is 11.1. The maximum Gasteiger partial charge on any atom is 0.303 e. The van der Waals surface area contributed by atoms with Gasteiger partial charge in [-0.05, 0) is 24.3 Å². The second-order valence-electron chi connectivity index (χ2n) is 5.05. The Morgan fingerprint density at radius 1 is 1.19 bits per heavy atom. The number of carbonyl (C=O) groups excluding carboxylic acids is 1. The summed E-state index contributed by atoms with van der Waals surface area (Å²) in [6.45, 7) is 1.44. The highest BCUT2D eigenvalue weighted by atomic mass is 16.5. The van der Waals surface area contributed by atoms with Crippen molar-refractivity contribution >= 4 is 5.97 Å². The van der Waals surface area contributed by atoms with Crippen LogP contribution in [0.15, 0.2) is 24.3 Å². The lowest BCUT2D eigenvalue weighted by atomic mass is 9.73. The van der Waals surface area contributed by atoms with Gasteiger partial charge < -0.3 is 9.84 Å². The Kier molecular flexibility index (Phi) is 2.18. The fourth-order valence-electron chi connectivity index (χ4n) is 3.63. The van der Waals surface area contributed by atoms with Crippen molar-refractivity contribution in [2.45, 2.75) is 25.6 Å². The summed E-state index contributed by atoms with van der Waals surface area (Å²) in [5.74, 6) is 1.21. The molecule has 3 rings (SSSR count). The number of hydrogen-bond acceptors (Lipinski definition) is 3. The summed E-state index contributed by atoms with van der Waals surface area (Å²) >= 11 is 0. The van der Waals surface area contributed by atoms with Gasteiger partial charge in [0.2, 0.25) is 0 Å². The van der Waals surface area contributed by atoms with Gasteiger partial charge in [-0.25, -0.2) is 0 Å². The molecule has 0 saturated heterocycles. The molecule has 0 spiro atoms. The molecule has 0 aromatic carbocycles. The van der Waals surface area contributed by atoms with Crippen molar-refractivity contribution in [2.24, 2.45) is 23.7 Å². The number of esters is 1. The van der Waals surface area contributed by atoms with E-state index in [1.807, 2.05) is 6.08 Å². The standard InChI is InChI=1S/C13H16O3/c1-7(14)16-11-5-4-10(15)12-8-2-3-9(6-8)13(11)12/h2-5,8-13,15H,6H2,1H3/t8-,9?,10+,11-,12+,13-/m1/s1. The van der Waals surface area contributed by atoms with Crippen LogP contribution >= 0.6 is 0 Å². The fourth-order valence-corrected chi connectivity index (χ4v) is 3.63. The molecular formula is C13H16O3. The lowest BCUT2D eigenvalue weighted by molar-refractivity contribution is -0.149. The normalized spacial score (nSPS) is 48.1. The number of ether oxygens (including phenoxy) is 1. The van der Waals surface area contributed by atoms with Gasteiger partial charge in [0.25, 0.3) is 0 Å². The van der Waals surface area contributed by atoms with Gasteiger partial charge in [-0.3, -0.25) is 4.79 Å². The predicted molar refractivity (Wildman–Crippen MR) is 58.4 cm³/mol. The van der Waals surface area contributed by atoms with Crippen LogP contribution in [0.3, 0.4) is 0 Å². The van der Waals surface area contributed by atoms with Crippen molar-refractivity contribution in [3.05, 3.63) is 24.3 Å². The van der Waals surface area contributed by atoms with E-state index in [4.69, 9.17) is 4.74 Å². The largest absolute Gasteiger partial charge is 0.458 e. The topological polar surface area (TPSA) is 46.5 Å². The van der Waals surface area contributed by atoms with Gasteiger partial charge in [-0.2, -0.15) is 0 Å². The van der Waals surface area contributed by atoms with E-state index in [0.717, 1.165) is 6.42 Å². The van der Waals surface area contributed by atoms with Crippen LogP contribution < -0.4 is 0 Å². The monoisotopic (exact) mass is 220 g/mol. The Morgan fingerprint density at radius 3 is 2.56 bits per heavy atom. The van der Waals surface area contributed by atoms with Crippen LogP contribution in [0.5, 0.6) is 0 Å². The minimum atomic E-state index is -0.378. The third kappa shape index (κ3) is 1.34. The lowest BCUT2D eigenvalue weighted by Gasteiger charge is -2.37. The molecule has 3 aliphatic carbocycles. The first-order valence-electron chi connectivity index (χ1n) is 5.89. The molecule has 0 heterocycles. The van der Waals surface area contributed by atoms with Gasteiger partial charge in [0.15, 0.2) is 0 Å². The number of aliphatic hydroxyl groups is 1. The van der Waals surface area contributed by atoms with E-state index in [1.54, 1.807) is 6.08 Å². The molecule has 1 saturated carbocycles. The van der Waals surface area contributed by atoms with Gasteiger partial charge in [0, 0.05) is 18.8 Å². The first-order chi connectivity index (χ1) is 7.66. The molecule has 0 aliphatic heterocycles. The van der Waals surface area contributed by atoms with Crippen LogP contribution in [-0.4, -0.2) is 23.3 Å². The van der Waals surface area contributed by atoms with E-state index in [9.17, 15) is 9.90 Å². The summed E-state index contributed by atoms with van der Waals surface area (Å²) in [7, 11) is 0. The van der Waals surface area contributed by atoms with Crippen LogP contribution in [0, 0.1) is 23.7 Å². The Balaban J connectivity index is 1.89. The van der Waals surface area contributed by atoms with E-state index >= 15 is 0 Å². The molecule has 16 heavy (non-hydrogen) atoms.